The monoisotopic (exact) mass is 200 g/mol. The van der Waals surface area contributed by atoms with Crippen molar-refractivity contribution in [3.8, 4) is 0 Å². The molecule has 1 aliphatic rings. The lowest BCUT2D eigenvalue weighted by atomic mass is 9.66. The molecule has 0 unspecified atom stereocenters. The van der Waals surface area contributed by atoms with Crippen molar-refractivity contribution in [3.05, 3.63) is 0 Å². The van der Waals surface area contributed by atoms with E-state index >= 15 is 0 Å². The van der Waals surface area contributed by atoms with Gasteiger partial charge in [-0.3, -0.25) is 9.59 Å². The molecular formula is C10H16O4. The van der Waals surface area contributed by atoms with E-state index in [0.29, 0.717) is 6.61 Å². The maximum atomic E-state index is 11.6. The maximum Gasteiger partial charge on any atom is 0.312 e. The van der Waals surface area contributed by atoms with Crippen LogP contribution in [0.4, 0.5) is 0 Å². The van der Waals surface area contributed by atoms with Gasteiger partial charge >= 0.3 is 11.9 Å². The zero-order valence-electron chi connectivity index (χ0n) is 8.67. The molecule has 14 heavy (non-hydrogen) atoms. The van der Waals surface area contributed by atoms with Gasteiger partial charge in [-0.1, -0.05) is 6.42 Å². The molecule has 0 aromatic carbocycles. The van der Waals surface area contributed by atoms with Gasteiger partial charge < -0.3 is 9.47 Å². The van der Waals surface area contributed by atoms with Crippen LogP contribution in [0.1, 0.15) is 32.6 Å². The van der Waals surface area contributed by atoms with E-state index in [1.807, 2.05) is 0 Å². The van der Waals surface area contributed by atoms with Gasteiger partial charge in [-0.2, -0.15) is 0 Å². The smallest absolute Gasteiger partial charge is 0.312 e. The van der Waals surface area contributed by atoms with Crippen LogP contribution in [-0.2, 0) is 19.1 Å². The van der Waals surface area contributed by atoms with E-state index in [4.69, 9.17) is 4.74 Å². The minimum atomic E-state index is -0.580. The summed E-state index contributed by atoms with van der Waals surface area (Å²) in [7, 11) is 1.33. The molecule has 1 rings (SSSR count). The second-order valence-electron chi connectivity index (χ2n) is 3.61. The van der Waals surface area contributed by atoms with Gasteiger partial charge in [0.2, 0.25) is 0 Å². The Labute approximate surface area is 83.6 Å². The van der Waals surface area contributed by atoms with E-state index in [9.17, 15) is 9.59 Å². The average molecular weight is 200 g/mol. The number of carbonyl (C=O) groups excluding carboxylic acids is 2. The van der Waals surface area contributed by atoms with E-state index in [-0.39, 0.29) is 18.4 Å². The van der Waals surface area contributed by atoms with Crippen molar-refractivity contribution >= 4 is 11.9 Å². The van der Waals surface area contributed by atoms with Crippen molar-refractivity contribution in [3.63, 3.8) is 0 Å². The molecule has 0 N–H and O–H groups in total. The van der Waals surface area contributed by atoms with Crippen LogP contribution >= 0.6 is 0 Å². The summed E-state index contributed by atoms with van der Waals surface area (Å²) >= 11 is 0. The molecule has 0 aliphatic heterocycles. The van der Waals surface area contributed by atoms with Crippen LogP contribution in [0.15, 0.2) is 0 Å². The van der Waals surface area contributed by atoms with Gasteiger partial charge in [-0.15, -0.1) is 0 Å². The molecule has 4 nitrogen and oxygen atoms in total. The second kappa shape index (κ2) is 4.44. The highest BCUT2D eigenvalue weighted by molar-refractivity contribution is 5.84. The van der Waals surface area contributed by atoms with Gasteiger partial charge in [0.05, 0.1) is 25.6 Å². The summed E-state index contributed by atoms with van der Waals surface area (Å²) in [6, 6.07) is 0. The van der Waals surface area contributed by atoms with E-state index in [0.717, 1.165) is 19.3 Å². The van der Waals surface area contributed by atoms with Crippen LogP contribution in [-0.4, -0.2) is 25.7 Å². The molecule has 0 spiro atoms. The lowest BCUT2D eigenvalue weighted by Gasteiger charge is -2.38. The fourth-order valence-electron chi connectivity index (χ4n) is 1.69. The molecule has 0 atom stereocenters. The number of hydrogen-bond donors (Lipinski definition) is 0. The summed E-state index contributed by atoms with van der Waals surface area (Å²) in [6.45, 7) is 2.13. The average Bonchev–Trinajstić information content (AvgIpc) is 2.11. The molecule has 4 heteroatoms. The summed E-state index contributed by atoms with van der Waals surface area (Å²) in [5.74, 6) is -0.589. The van der Waals surface area contributed by atoms with Crippen LogP contribution in [0.25, 0.3) is 0 Å². The highest BCUT2D eigenvalue weighted by Crippen LogP contribution is 2.45. The largest absolute Gasteiger partial charge is 0.469 e. The van der Waals surface area contributed by atoms with Crippen molar-refractivity contribution < 1.29 is 19.1 Å². The predicted octanol–water partition coefficient (Wildman–Crippen LogP) is 1.28. The maximum absolute atomic E-state index is 11.6. The number of rotatable bonds is 4. The van der Waals surface area contributed by atoms with Gasteiger partial charge in [0.1, 0.15) is 0 Å². The third kappa shape index (κ3) is 2.05. The summed E-state index contributed by atoms with van der Waals surface area (Å²) in [4.78, 5) is 22.7. The van der Waals surface area contributed by atoms with Crippen molar-refractivity contribution in [2.75, 3.05) is 13.7 Å². The fourth-order valence-corrected chi connectivity index (χ4v) is 1.69. The molecule has 0 amide bonds. The van der Waals surface area contributed by atoms with Gasteiger partial charge in [0, 0.05) is 0 Å². The first-order valence-electron chi connectivity index (χ1n) is 4.88. The van der Waals surface area contributed by atoms with E-state index < -0.39 is 5.41 Å². The summed E-state index contributed by atoms with van der Waals surface area (Å²) in [5.41, 5.74) is -0.580. The first-order valence-corrected chi connectivity index (χ1v) is 4.88. The molecule has 80 valence electrons. The highest BCUT2D eigenvalue weighted by atomic mass is 16.5. The summed E-state index contributed by atoms with van der Waals surface area (Å²) < 4.78 is 9.51. The minimum absolute atomic E-state index is 0.155. The zero-order valence-corrected chi connectivity index (χ0v) is 8.67. The van der Waals surface area contributed by atoms with Crippen LogP contribution in [0.3, 0.4) is 0 Å². The molecule has 0 aromatic rings. The molecule has 1 fully saturated rings. The quantitative estimate of drug-likeness (QED) is 0.641. The Bertz CT molecular complexity index is 230. The first kappa shape index (κ1) is 11.0. The Balaban J connectivity index is 2.57. The van der Waals surface area contributed by atoms with Gasteiger partial charge in [-0.05, 0) is 19.8 Å². The van der Waals surface area contributed by atoms with Crippen molar-refractivity contribution in [1.29, 1.82) is 0 Å². The first-order chi connectivity index (χ1) is 6.64. The number of esters is 2. The Morgan fingerprint density at radius 1 is 1.36 bits per heavy atom. The van der Waals surface area contributed by atoms with Crippen molar-refractivity contribution in [1.82, 2.24) is 0 Å². The fraction of sp³-hybridized carbons (Fsp3) is 0.800. The Morgan fingerprint density at radius 2 is 2.00 bits per heavy atom. The number of ether oxygens (including phenoxy) is 2. The normalized spacial score (nSPS) is 18.1. The third-order valence-corrected chi connectivity index (χ3v) is 2.73. The third-order valence-electron chi connectivity index (χ3n) is 2.73. The summed E-state index contributed by atoms with van der Waals surface area (Å²) in [6.07, 6.45) is 2.61. The standard InChI is InChI=1S/C10H16O4/c1-3-14-9(12)10(5-4-6-10)7-8(11)13-2/h3-7H2,1-2H3. The number of methoxy groups -OCH3 is 1. The topological polar surface area (TPSA) is 52.6 Å². The SMILES string of the molecule is CCOC(=O)C1(CC(=O)OC)CCC1. The highest BCUT2D eigenvalue weighted by Gasteiger charge is 2.47. The van der Waals surface area contributed by atoms with Gasteiger partial charge in [0.25, 0.3) is 0 Å². The number of hydrogen-bond acceptors (Lipinski definition) is 4. The molecule has 0 heterocycles. The van der Waals surface area contributed by atoms with E-state index in [1.54, 1.807) is 6.92 Å². The van der Waals surface area contributed by atoms with Crippen molar-refractivity contribution in [2.24, 2.45) is 5.41 Å². The molecule has 0 aromatic heterocycles. The van der Waals surface area contributed by atoms with E-state index in [2.05, 4.69) is 4.74 Å². The zero-order chi connectivity index (χ0) is 10.6. The van der Waals surface area contributed by atoms with Gasteiger partial charge in [0.15, 0.2) is 0 Å². The number of carbonyl (C=O) groups is 2. The molecular weight excluding hydrogens is 184 g/mol. The van der Waals surface area contributed by atoms with Crippen LogP contribution in [0, 0.1) is 5.41 Å². The van der Waals surface area contributed by atoms with Crippen molar-refractivity contribution in [2.45, 2.75) is 32.6 Å². The Kier molecular flexibility index (Phi) is 3.49. The van der Waals surface area contributed by atoms with Crippen LogP contribution in [0.2, 0.25) is 0 Å². The minimum Gasteiger partial charge on any atom is -0.469 e. The van der Waals surface area contributed by atoms with Crippen LogP contribution in [0.5, 0.6) is 0 Å². The summed E-state index contributed by atoms with van der Waals surface area (Å²) in [5, 5.41) is 0. The Hall–Kier alpha value is -1.06. The molecule has 1 saturated carbocycles. The molecule has 0 bridgehead atoms. The molecule has 0 radical (unpaired) electrons. The van der Waals surface area contributed by atoms with Gasteiger partial charge in [-0.25, -0.2) is 0 Å². The predicted molar refractivity (Wildman–Crippen MR) is 49.6 cm³/mol. The molecule has 1 aliphatic carbocycles. The Morgan fingerprint density at radius 3 is 2.36 bits per heavy atom. The molecule has 0 saturated heterocycles. The lowest BCUT2D eigenvalue weighted by Crippen LogP contribution is -2.41. The second-order valence-corrected chi connectivity index (χ2v) is 3.61. The lowest BCUT2D eigenvalue weighted by molar-refractivity contribution is -0.167. The van der Waals surface area contributed by atoms with Crippen LogP contribution < -0.4 is 0 Å². The van der Waals surface area contributed by atoms with E-state index in [1.165, 1.54) is 7.11 Å².